The zero-order valence-corrected chi connectivity index (χ0v) is 16.8. The first-order valence-electron chi connectivity index (χ1n) is 9.94. The second kappa shape index (κ2) is 6.95. The predicted octanol–water partition coefficient (Wildman–Crippen LogP) is 2.46. The Hall–Kier alpha value is -2.28. The van der Waals surface area contributed by atoms with Gasteiger partial charge in [-0.2, -0.15) is 0 Å². The lowest BCUT2D eigenvalue weighted by Crippen LogP contribution is -2.42. The first-order chi connectivity index (χ1) is 13.3. The Bertz CT molecular complexity index is 748. The highest BCUT2D eigenvalue weighted by Crippen LogP contribution is 2.47. The molecule has 1 N–H and O–H groups in total. The average molecular weight is 387 g/mol. The van der Waals surface area contributed by atoms with Gasteiger partial charge in [-0.3, -0.25) is 0 Å². The molecule has 28 heavy (non-hydrogen) atoms. The van der Waals surface area contributed by atoms with Crippen LogP contribution in [0, 0.1) is 11.3 Å². The molecule has 0 radical (unpaired) electrons. The zero-order valence-electron chi connectivity index (χ0n) is 16.8. The van der Waals surface area contributed by atoms with Gasteiger partial charge in [0.1, 0.15) is 12.2 Å². The third-order valence-corrected chi connectivity index (χ3v) is 6.05. The SMILES string of the molecule is CC(C)(C)OC(=O)N1C[C@H]2NC[C@@H]3CN(C(=O)OCc4ccccc4)C[C@@]32C1. The molecule has 3 saturated heterocycles. The van der Waals surface area contributed by atoms with Crippen LogP contribution in [0.25, 0.3) is 0 Å². The van der Waals surface area contributed by atoms with Gasteiger partial charge in [-0.05, 0) is 32.3 Å². The number of carbonyl (C=O) groups excluding carboxylic acids is 2. The minimum Gasteiger partial charge on any atom is -0.445 e. The Balaban J connectivity index is 1.38. The molecule has 0 aliphatic carbocycles. The Morgan fingerprint density at radius 2 is 1.79 bits per heavy atom. The maximum absolute atomic E-state index is 12.6. The van der Waals surface area contributed by atoms with Crippen LogP contribution in [-0.4, -0.2) is 66.4 Å². The van der Waals surface area contributed by atoms with Crippen LogP contribution in [0.3, 0.4) is 0 Å². The second-order valence-electron chi connectivity index (χ2n) is 9.17. The van der Waals surface area contributed by atoms with Crippen LogP contribution in [0.1, 0.15) is 26.3 Å². The summed E-state index contributed by atoms with van der Waals surface area (Å²) >= 11 is 0. The Morgan fingerprint density at radius 1 is 1.11 bits per heavy atom. The highest BCUT2D eigenvalue weighted by atomic mass is 16.6. The number of nitrogens with one attached hydrogen (secondary N) is 1. The van der Waals surface area contributed by atoms with E-state index in [-0.39, 0.29) is 30.3 Å². The van der Waals surface area contributed by atoms with E-state index < -0.39 is 5.60 Å². The number of carbonyl (C=O) groups is 2. The van der Waals surface area contributed by atoms with Crippen molar-refractivity contribution in [2.45, 2.75) is 39.0 Å². The molecular weight excluding hydrogens is 358 g/mol. The number of likely N-dealkylation sites (tertiary alicyclic amines) is 2. The van der Waals surface area contributed by atoms with Crippen LogP contribution >= 0.6 is 0 Å². The molecule has 3 heterocycles. The lowest BCUT2D eigenvalue weighted by molar-refractivity contribution is 0.0265. The summed E-state index contributed by atoms with van der Waals surface area (Å²) in [5.41, 5.74) is 0.357. The summed E-state index contributed by atoms with van der Waals surface area (Å²) in [4.78, 5) is 28.7. The van der Waals surface area contributed by atoms with Gasteiger partial charge < -0.3 is 24.6 Å². The first-order valence-corrected chi connectivity index (χ1v) is 9.94. The van der Waals surface area contributed by atoms with Gasteiger partial charge in [0.2, 0.25) is 0 Å². The van der Waals surface area contributed by atoms with Crippen LogP contribution in [0.15, 0.2) is 30.3 Å². The molecule has 152 valence electrons. The maximum atomic E-state index is 12.6. The van der Waals surface area contributed by atoms with Crippen molar-refractivity contribution in [3.63, 3.8) is 0 Å². The van der Waals surface area contributed by atoms with Crippen molar-refractivity contribution < 1.29 is 19.1 Å². The number of hydrogen-bond donors (Lipinski definition) is 1. The zero-order chi connectivity index (χ0) is 19.9. The lowest BCUT2D eigenvalue weighted by atomic mass is 9.78. The summed E-state index contributed by atoms with van der Waals surface area (Å²) in [6.45, 7) is 9.30. The minimum absolute atomic E-state index is 0.108. The summed E-state index contributed by atoms with van der Waals surface area (Å²) in [5, 5.41) is 3.55. The molecule has 7 nitrogen and oxygen atoms in total. The number of rotatable bonds is 2. The van der Waals surface area contributed by atoms with E-state index in [9.17, 15) is 9.59 Å². The molecule has 1 aromatic rings. The topological polar surface area (TPSA) is 71.1 Å². The lowest BCUT2D eigenvalue weighted by Gasteiger charge is -2.28. The third-order valence-electron chi connectivity index (χ3n) is 6.05. The van der Waals surface area contributed by atoms with E-state index in [1.54, 1.807) is 9.80 Å². The van der Waals surface area contributed by atoms with Gasteiger partial charge in [-0.15, -0.1) is 0 Å². The monoisotopic (exact) mass is 387 g/mol. The number of amides is 2. The van der Waals surface area contributed by atoms with E-state index in [1.165, 1.54) is 0 Å². The molecule has 3 aliphatic heterocycles. The van der Waals surface area contributed by atoms with Crippen molar-refractivity contribution in [3.8, 4) is 0 Å². The van der Waals surface area contributed by atoms with E-state index in [4.69, 9.17) is 9.47 Å². The summed E-state index contributed by atoms with van der Waals surface area (Å²) in [6, 6.07) is 9.89. The van der Waals surface area contributed by atoms with E-state index in [0.717, 1.165) is 12.1 Å². The fraction of sp³-hybridized carbons (Fsp3) is 0.619. The van der Waals surface area contributed by atoms with Gasteiger partial charge in [0, 0.05) is 44.2 Å². The molecule has 1 aromatic carbocycles. The number of nitrogens with zero attached hydrogens (tertiary/aromatic N) is 2. The highest BCUT2D eigenvalue weighted by molar-refractivity contribution is 5.70. The largest absolute Gasteiger partial charge is 0.445 e. The van der Waals surface area contributed by atoms with E-state index in [0.29, 0.717) is 32.1 Å². The molecule has 0 bridgehead atoms. The molecule has 0 unspecified atom stereocenters. The second-order valence-corrected chi connectivity index (χ2v) is 9.17. The summed E-state index contributed by atoms with van der Waals surface area (Å²) in [5.74, 6) is 0.328. The van der Waals surface area contributed by atoms with Crippen molar-refractivity contribution in [1.82, 2.24) is 15.1 Å². The van der Waals surface area contributed by atoms with Crippen molar-refractivity contribution in [1.29, 1.82) is 0 Å². The number of ether oxygens (including phenoxy) is 2. The molecular formula is C21H29N3O4. The van der Waals surface area contributed by atoms with Gasteiger partial charge in [0.25, 0.3) is 0 Å². The Kier molecular flexibility index (Phi) is 4.73. The molecule has 0 saturated carbocycles. The first kappa shape index (κ1) is 19.1. The van der Waals surface area contributed by atoms with Crippen molar-refractivity contribution in [2.75, 3.05) is 32.7 Å². The standard InChI is InChI=1S/C21H29N3O4/c1-20(2,3)28-19(26)24-11-17-21(14-24)13-23(10-16(21)9-22-17)18(25)27-12-15-7-5-4-6-8-15/h4-8,16-17,22H,9-14H2,1-3H3/t16-,17-,21-/m1/s1. The number of hydrogen-bond acceptors (Lipinski definition) is 5. The normalized spacial score (nSPS) is 28.8. The van der Waals surface area contributed by atoms with Crippen molar-refractivity contribution >= 4 is 12.2 Å². The van der Waals surface area contributed by atoms with Crippen LogP contribution in [0.4, 0.5) is 9.59 Å². The Morgan fingerprint density at radius 3 is 2.46 bits per heavy atom. The van der Waals surface area contributed by atoms with Crippen LogP contribution in [0.5, 0.6) is 0 Å². The van der Waals surface area contributed by atoms with E-state index in [2.05, 4.69) is 5.32 Å². The maximum Gasteiger partial charge on any atom is 0.410 e. The third kappa shape index (κ3) is 3.55. The Labute approximate surface area is 166 Å². The van der Waals surface area contributed by atoms with Crippen LogP contribution in [-0.2, 0) is 16.1 Å². The fourth-order valence-corrected chi connectivity index (χ4v) is 4.74. The fourth-order valence-electron chi connectivity index (χ4n) is 4.74. The molecule has 3 fully saturated rings. The van der Waals surface area contributed by atoms with Gasteiger partial charge >= 0.3 is 12.2 Å². The summed E-state index contributed by atoms with van der Waals surface area (Å²) in [6.07, 6.45) is -0.552. The molecule has 3 aliphatic rings. The number of benzene rings is 1. The molecule has 0 aromatic heterocycles. The van der Waals surface area contributed by atoms with E-state index in [1.807, 2.05) is 51.1 Å². The molecule has 2 amide bonds. The van der Waals surface area contributed by atoms with Gasteiger partial charge in [-0.1, -0.05) is 30.3 Å². The molecule has 7 heteroatoms. The van der Waals surface area contributed by atoms with E-state index >= 15 is 0 Å². The van der Waals surface area contributed by atoms with Crippen molar-refractivity contribution in [2.24, 2.45) is 11.3 Å². The summed E-state index contributed by atoms with van der Waals surface area (Å²) < 4.78 is 11.1. The smallest absolute Gasteiger partial charge is 0.410 e. The average Bonchev–Trinajstić information content (AvgIpc) is 3.26. The van der Waals surface area contributed by atoms with Crippen molar-refractivity contribution in [3.05, 3.63) is 35.9 Å². The van der Waals surface area contributed by atoms with Crippen LogP contribution < -0.4 is 5.32 Å². The van der Waals surface area contributed by atoms with Gasteiger partial charge in [0.15, 0.2) is 0 Å². The van der Waals surface area contributed by atoms with Gasteiger partial charge in [0.05, 0.1) is 0 Å². The minimum atomic E-state index is -0.512. The quantitative estimate of drug-likeness (QED) is 0.844. The highest BCUT2D eigenvalue weighted by Gasteiger charge is 2.61. The van der Waals surface area contributed by atoms with Gasteiger partial charge in [-0.25, -0.2) is 9.59 Å². The molecule has 1 spiro atoms. The predicted molar refractivity (Wildman–Crippen MR) is 104 cm³/mol. The van der Waals surface area contributed by atoms with Crippen LogP contribution in [0.2, 0.25) is 0 Å². The summed E-state index contributed by atoms with van der Waals surface area (Å²) in [7, 11) is 0. The molecule has 4 rings (SSSR count). The molecule has 3 atom stereocenters.